The molecule has 0 spiro atoms. The Hall–Kier alpha value is -0.870. The molecule has 88 valence electrons. The molecule has 1 saturated carbocycles. The summed E-state index contributed by atoms with van der Waals surface area (Å²) in [6.07, 6.45) is 3.02. The fraction of sp³-hybridized carbons (Fsp3) is 0.500. The molecule has 1 unspecified atom stereocenters. The number of hydrogen-bond acceptors (Lipinski definition) is 3. The van der Waals surface area contributed by atoms with Crippen molar-refractivity contribution in [3.05, 3.63) is 30.3 Å². The number of nitrogens with zero attached hydrogens (tertiary/aromatic N) is 1. The smallest absolute Gasteiger partial charge is 0.151 e. The first-order valence-electron chi connectivity index (χ1n) is 5.55. The quantitative estimate of drug-likeness (QED) is 0.861. The second-order valence-electron chi connectivity index (χ2n) is 4.17. The zero-order valence-electron chi connectivity index (χ0n) is 9.43. The summed E-state index contributed by atoms with van der Waals surface area (Å²) < 4.78 is 16.9. The first-order chi connectivity index (χ1) is 7.62. The molecule has 3 nitrogen and oxygen atoms in total. The van der Waals surface area contributed by atoms with Crippen molar-refractivity contribution in [1.82, 2.24) is 0 Å². The van der Waals surface area contributed by atoms with Gasteiger partial charge in [0.1, 0.15) is 9.73 Å². The third-order valence-electron chi connectivity index (χ3n) is 3.22. The molecule has 1 aromatic rings. The minimum Gasteiger partial charge on any atom is -0.376 e. The number of hydrogen-bond donors (Lipinski definition) is 1. The summed E-state index contributed by atoms with van der Waals surface area (Å²) in [6, 6.07) is 9.10. The van der Waals surface area contributed by atoms with E-state index in [4.69, 9.17) is 0 Å². The highest BCUT2D eigenvalue weighted by Crippen LogP contribution is 2.39. The zero-order chi connectivity index (χ0) is 11.6. The van der Waals surface area contributed by atoms with Crippen molar-refractivity contribution in [2.24, 2.45) is 4.36 Å². The third-order valence-corrected chi connectivity index (χ3v) is 6.08. The molecule has 0 aliphatic heterocycles. The highest BCUT2D eigenvalue weighted by molar-refractivity contribution is 7.94. The lowest BCUT2D eigenvalue weighted by Crippen LogP contribution is -2.35. The van der Waals surface area contributed by atoms with Gasteiger partial charge in [0.2, 0.25) is 0 Å². The first-order valence-corrected chi connectivity index (χ1v) is 7.06. The Morgan fingerprint density at radius 2 is 1.81 bits per heavy atom. The van der Waals surface area contributed by atoms with E-state index in [1.165, 1.54) is 7.05 Å². The lowest BCUT2D eigenvalue weighted by Gasteiger charge is -2.26. The van der Waals surface area contributed by atoms with Gasteiger partial charge in [0, 0.05) is 7.05 Å². The average molecular weight is 239 g/mol. The molecule has 0 radical (unpaired) electrons. The molecule has 0 amide bonds. The molecule has 16 heavy (non-hydrogen) atoms. The molecule has 4 heteroatoms. The van der Waals surface area contributed by atoms with E-state index in [0.29, 0.717) is 17.7 Å². The molecule has 1 fully saturated rings. The summed E-state index contributed by atoms with van der Waals surface area (Å²) in [5, 5.41) is 10.5. The van der Waals surface area contributed by atoms with Crippen LogP contribution in [0.15, 0.2) is 39.6 Å². The van der Waals surface area contributed by atoms with Crippen LogP contribution in [0, 0.1) is 0 Å². The van der Waals surface area contributed by atoms with E-state index in [1.807, 2.05) is 18.2 Å². The molecule has 1 aliphatic rings. The molecule has 1 aromatic carbocycles. The van der Waals surface area contributed by atoms with E-state index in [1.54, 1.807) is 12.1 Å². The summed E-state index contributed by atoms with van der Waals surface area (Å²) in [5.74, 6) is 0. The molecule has 0 saturated heterocycles. The van der Waals surface area contributed by atoms with Crippen LogP contribution >= 0.6 is 0 Å². The second-order valence-corrected chi connectivity index (χ2v) is 6.82. The van der Waals surface area contributed by atoms with Gasteiger partial charge in [-0.1, -0.05) is 18.2 Å². The van der Waals surface area contributed by atoms with Crippen LogP contribution in [0.3, 0.4) is 0 Å². The average Bonchev–Trinajstić information content (AvgIpc) is 2.78. The summed E-state index contributed by atoms with van der Waals surface area (Å²) in [6.45, 7) is 0. The number of benzene rings is 1. The Morgan fingerprint density at radius 1 is 1.25 bits per heavy atom. The van der Waals surface area contributed by atoms with Crippen LogP contribution in [0.2, 0.25) is 0 Å². The second kappa shape index (κ2) is 4.18. The molecule has 1 aliphatic carbocycles. The molecule has 2 rings (SSSR count). The zero-order valence-corrected chi connectivity index (χ0v) is 10.2. The van der Waals surface area contributed by atoms with Gasteiger partial charge in [-0.2, -0.15) is 0 Å². The maximum absolute atomic E-state index is 12.9. The highest BCUT2D eigenvalue weighted by Gasteiger charge is 2.42. The molecule has 1 atom stereocenters. The van der Waals surface area contributed by atoms with Crippen molar-refractivity contribution in [2.45, 2.75) is 35.5 Å². The van der Waals surface area contributed by atoms with Crippen molar-refractivity contribution in [3.8, 4) is 0 Å². The van der Waals surface area contributed by atoms with Crippen LogP contribution in [0.4, 0.5) is 0 Å². The summed E-state index contributed by atoms with van der Waals surface area (Å²) in [5.41, 5.74) is 0. The monoisotopic (exact) mass is 239 g/mol. The molecule has 0 aromatic heterocycles. The van der Waals surface area contributed by atoms with E-state index < -0.39 is 14.7 Å². The lowest BCUT2D eigenvalue weighted by atomic mass is 10.3. The van der Waals surface area contributed by atoms with Crippen molar-refractivity contribution >= 4 is 9.73 Å². The van der Waals surface area contributed by atoms with Gasteiger partial charge >= 0.3 is 0 Å². The molecule has 1 N–H and O–H groups in total. The van der Waals surface area contributed by atoms with Crippen molar-refractivity contribution < 1.29 is 9.32 Å². The fourth-order valence-electron chi connectivity index (χ4n) is 2.30. The highest BCUT2D eigenvalue weighted by atomic mass is 32.2. The molecular weight excluding hydrogens is 222 g/mol. The van der Waals surface area contributed by atoms with Crippen LogP contribution in [0.25, 0.3) is 0 Å². The Balaban J connectivity index is 2.54. The van der Waals surface area contributed by atoms with E-state index in [-0.39, 0.29) is 0 Å². The van der Waals surface area contributed by atoms with Crippen LogP contribution < -0.4 is 0 Å². The van der Waals surface area contributed by atoms with Gasteiger partial charge in [-0.25, -0.2) is 8.57 Å². The Labute approximate surface area is 96.7 Å². The van der Waals surface area contributed by atoms with Crippen LogP contribution in [-0.4, -0.2) is 21.3 Å². The number of aliphatic hydroxyl groups is 1. The van der Waals surface area contributed by atoms with E-state index in [2.05, 4.69) is 4.36 Å². The van der Waals surface area contributed by atoms with Gasteiger partial charge in [0.15, 0.2) is 4.93 Å². The predicted molar refractivity (Wildman–Crippen MR) is 64.6 cm³/mol. The standard InChI is InChI=1S/C12H17NO2S/c1-13-16(15,11-7-3-2-4-8-11)12(14)9-5-6-10-12/h2-4,7-8,14H,5-6,9-10H2,1H3. The molecule has 0 heterocycles. The summed E-state index contributed by atoms with van der Waals surface area (Å²) in [7, 11) is -1.17. The SMILES string of the molecule is CN=S(=O)(c1ccccc1)C1(O)CCCC1. The maximum Gasteiger partial charge on any atom is 0.151 e. The maximum atomic E-state index is 12.9. The Kier molecular flexibility index (Phi) is 3.04. The van der Waals surface area contributed by atoms with E-state index in [0.717, 1.165) is 12.8 Å². The normalized spacial score (nSPS) is 22.6. The minimum atomic E-state index is -2.70. The van der Waals surface area contributed by atoms with Gasteiger partial charge in [0.25, 0.3) is 0 Å². The summed E-state index contributed by atoms with van der Waals surface area (Å²) >= 11 is 0. The van der Waals surface area contributed by atoms with Crippen LogP contribution in [0.5, 0.6) is 0 Å². The van der Waals surface area contributed by atoms with Gasteiger partial charge in [-0.05, 0) is 37.8 Å². The minimum absolute atomic E-state index is 0.581. The van der Waals surface area contributed by atoms with Crippen LogP contribution in [0.1, 0.15) is 25.7 Å². The Morgan fingerprint density at radius 3 is 2.31 bits per heavy atom. The van der Waals surface area contributed by atoms with Gasteiger partial charge in [-0.15, -0.1) is 0 Å². The molecule has 0 bridgehead atoms. The van der Waals surface area contributed by atoms with Crippen molar-refractivity contribution in [2.75, 3.05) is 7.05 Å². The number of rotatable bonds is 2. The topological polar surface area (TPSA) is 49.7 Å². The molecular formula is C12H17NO2S. The Bertz CT molecular complexity index is 469. The lowest BCUT2D eigenvalue weighted by molar-refractivity contribution is 0.137. The van der Waals surface area contributed by atoms with Crippen molar-refractivity contribution in [3.63, 3.8) is 0 Å². The van der Waals surface area contributed by atoms with Gasteiger partial charge in [-0.3, -0.25) is 0 Å². The first kappa shape index (κ1) is 11.6. The third kappa shape index (κ3) is 1.66. The van der Waals surface area contributed by atoms with Gasteiger partial charge in [0.05, 0.1) is 4.90 Å². The van der Waals surface area contributed by atoms with Crippen molar-refractivity contribution in [1.29, 1.82) is 0 Å². The summed E-state index contributed by atoms with van der Waals surface area (Å²) in [4.78, 5) is -0.495. The van der Waals surface area contributed by atoms with Gasteiger partial charge < -0.3 is 5.11 Å². The van der Waals surface area contributed by atoms with Crippen LogP contribution in [-0.2, 0) is 9.73 Å². The predicted octanol–water partition coefficient (Wildman–Crippen LogP) is 2.41. The van der Waals surface area contributed by atoms with E-state index >= 15 is 0 Å². The fourth-order valence-corrected chi connectivity index (χ4v) is 4.66. The largest absolute Gasteiger partial charge is 0.376 e. The van der Waals surface area contributed by atoms with E-state index in [9.17, 15) is 9.32 Å².